The van der Waals surface area contributed by atoms with E-state index in [2.05, 4.69) is 4.74 Å². The van der Waals surface area contributed by atoms with Crippen LogP contribution in [-0.2, 0) is 14.3 Å². The Hall–Kier alpha value is -1.10. The van der Waals surface area contributed by atoms with Crippen LogP contribution in [0.3, 0.4) is 0 Å². The molecule has 1 aliphatic heterocycles. The van der Waals surface area contributed by atoms with E-state index >= 15 is 0 Å². The minimum atomic E-state index is -0.456. The Balaban J connectivity index is 2.56. The summed E-state index contributed by atoms with van der Waals surface area (Å²) in [6, 6.07) is -0.456. The Kier molecular flexibility index (Phi) is 3.88. The van der Waals surface area contributed by atoms with Gasteiger partial charge >= 0.3 is 5.97 Å². The fourth-order valence-corrected chi connectivity index (χ4v) is 1.51. The second kappa shape index (κ2) is 4.95. The quantitative estimate of drug-likeness (QED) is 0.610. The van der Waals surface area contributed by atoms with Gasteiger partial charge in [-0.3, -0.25) is 9.59 Å². The Morgan fingerprint density at radius 2 is 2.36 bits per heavy atom. The number of likely N-dealkylation sites (tertiary alicyclic amines) is 1. The number of nitrogens with two attached hydrogens (primary N) is 1. The van der Waals surface area contributed by atoms with Gasteiger partial charge in [0, 0.05) is 6.54 Å². The highest BCUT2D eigenvalue weighted by atomic mass is 16.5. The van der Waals surface area contributed by atoms with Crippen molar-refractivity contribution in [3.63, 3.8) is 0 Å². The summed E-state index contributed by atoms with van der Waals surface area (Å²) >= 11 is 0. The predicted octanol–water partition coefficient (Wildman–Crippen LogP) is -0.501. The topological polar surface area (TPSA) is 72.6 Å². The normalized spacial score (nSPS) is 23.1. The molecule has 1 heterocycles. The second-order valence-electron chi connectivity index (χ2n) is 3.44. The van der Waals surface area contributed by atoms with Crippen LogP contribution in [-0.4, -0.2) is 43.0 Å². The first-order valence-corrected chi connectivity index (χ1v) is 4.76. The van der Waals surface area contributed by atoms with E-state index in [1.807, 2.05) is 0 Å². The number of rotatable bonds is 2. The molecule has 1 aliphatic rings. The van der Waals surface area contributed by atoms with Crippen molar-refractivity contribution in [2.24, 2.45) is 5.73 Å². The minimum absolute atomic E-state index is 0.0169. The molecule has 0 aromatic carbocycles. The molecule has 5 nitrogen and oxygen atoms in total. The van der Waals surface area contributed by atoms with Crippen molar-refractivity contribution in [2.45, 2.75) is 25.3 Å². The molecule has 0 aliphatic carbocycles. The molecule has 0 bridgehead atoms. The van der Waals surface area contributed by atoms with Crippen molar-refractivity contribution in [3.05, 3.63) is 0 Å². The summed E-state index contributed by atoms with van der Waals surface area (Å²) in [7, 11) is 1.31. The molecular formula is C9H16N2O3. The second-order valence-corrected chi connectivity index (χ2v) is 3.44. The summed E-state index contributed by atoms with van der Waals surface area (Å²) in [4.78, 5) is 24.1. The summed E-state index contributed by atoms with van der Waals surface area (Å²) in [5.74, 6) is -0.541. The monoisotopic (exact) mass is 200 g/mol. The zero-order valence-corrected chi connectivity index (χ0v) is 8.36. The van der Waals surface area contributed by atoms with Gasteiger partial charge in [0.25, 0.3) is 0 Å². The van der Waals surface area contributed by atoms with Gasteiger partial charge in [0.15, 0.2) is 0 Å². The Morgan fingerprint density at radius 3 is 3.00 bits per heavy atom. The average Bonchev–Trinajstić information content (AvgIpc) is 2.33. The molecule has 0 radical (unpaired) electrons. The summed E-state index contributed by atoms with van der Waals surface area (Å²) in [6.07, 6.45) is 2.54. The van der Waals surface area contributed by atoms with Crippen LogP contribution < -0.4 is 5.73 Å². The third-order valence-corrected chi connectivity index (χ3v) is 2.37. The van der Waals surface area contributed by atoms with Crippen LogP contribution in [0.2, 0.25) is 0 Å². The van der Waals surface area contributed by atoms with E-state index in [-0.39, 0.29) is 12.5 Å². The SMILES string of the molecule is COC(=O)CN1CCCC[C@@H](N)C1=O. The van der Waals surface area contributed by atoms with Crippen LogP contribution in [0.25, 0.3) is 0 Å². The van der Waals surface area contributed by atoms with Crippen LogP contribution in [0.5, 0.6) is 0 Å². The fourth-order valence-electron chi connectivity index (χ4n) is 1.51. The minimum Gasteiger partial charge on any atom is -0.468 e. The maximum Gasteiger partial charge on any atom is 0.325 e. The standard InChI is InChI=1S/C9H16N2O3/c1-14-8(12)6-11-5-3-2-4-7(10)9(11)13/h7H,2-6,10H2,1H3/t7-/m1/s1. The average molecular weight is 200 g/mol. The van der Waals surface area contributed by atoms with Crippen molar-refractivity contribution in [1.29, 1.82) is 0 Å². The van der Waals surface area contributed by atoms with Gasteiger partial charge in [0.05, 0.1) is 13.2 Å². The summed E-state index contributed by atoms with van der Waals surface area (Å²) in [6.45, 7) is 0.616. The van der Waals surface area contributed by atoms with E-state index in [1.165, 1.54) is 12.0 Å². The molecule has 1 saturated heterocycles. The maximum absolute atomic E-state index is 11.6. The molecule has 0 spiro atoms. The van der Waals surface area contributed by atoms with Gasteiger partial charge in [0.2, 0.25) is 5.91 Å². The van der Waals surface area contributed by atoms with Crippen molar-refractivity contribution in [3.8, 4) is 0 Å². The molecule has 5 heteroatoms. The number of methoxy groups -OCH3 is 1. The number of hydrogen-bond donors (Lipinski definition) is 1. The Labute approximate surface area is 83.2 Å². The number of hydrogen-bond acceptors (Lipinski definition) is 4. The predicted molar refractivity (Wildman–Crippen MR) is 50.4 cm³/mol. The van der Waals surface area contributed by atoms with E-state index in [0.29, 0.717) is 13.0 Å². The van der Waals surface area contributed by atoms with Crippen LogP contribution >= 0.6 is 0 Å². The fraction of sp³-hybridized carbons (Fsp3) is 0.778. The van der Waals surface area contributed by atoms with E-state index in [9.17, 15) is 9.59 Å². The largest absolute Gasteiger partial charge is 0.468 e. The molecule has 0 saturated carbocycles. The van der Waals surface area contributed by atoms with Crippen molar-refractivity contribution in [2.75, 3.05) is 20.2 Å². The van der Waals surface area contributed by atoms with Gasteiger partial charge in [-0.1, -0.05) is 0 Å². The van der Waals surface area contributed by atoms with Crippen molar-refractivity contribution >= 4 is 11.9 Å². The lowest BCUT2D eigenvalue weighted by atomic mass is 10.1. The van der Waals surface area contributed by atoms with Gasteiger partial charge in [-0.25, -0.2) is 0 Å². The maximum atomic E-state index is 11.6. The van der Waals surface area contributed by atoms with Gasteiger partial charge in [-0.15, -0.1) is 0 Å². The van der Waals surface area contributed by atoms with Crippen molar-refractivity contribution < 1.29 is 14.3 Å². The number of nitrogens with zero attached hydrogens (tertiary/aromatic N) is 1. The lowest BCUT2D eigenvalue weighted by Crippen LogP contribution is -2.44. The van der Waals surface area contributed by atoms with Crippen molar-refractivity contribution in [1.82, 2.24) is 4.90 Å². The molecule has 0 aromatic rings. The molecule has 1 amide bonds. The van der Waals surface area contributed by atoms with E-state index in [4.69, 9.17) is 5.73 Å². The first-order valence-electron chi connectivity index (χ1n) is 4.76. The van der Waals surface area contributed by atoms with Crippen LogP contribution in [0.4, 0.5) is 0 Å². The lowest BCUT2D eigenvalue weighted by molar-refractivity contribution is -0.147. The van der Waals surface area contributed by atoms with Crippen LogP contribution in [0, 0.1) is 0 Å². The number of ether oxygens (including phenoxy) is 1. The highest BCUT2D eigenvalue weighted by Crippen LogP contribution is 2.10. The smallest absolute Gasteiger partial charge is 0.325 e. The third kappa shape index (κ3) is 2.70. The zero-order valence-electron chi connectivity index (χ0n) is 8.36. The Bertz CT molecular complexity index is 230. The lowest BCUT2D eigenvalue weighted by Gasteiger charge is -2.20. The molecule has 1 rings (SSSR count). The molecular weight excluding hydrogens is 184 g/mol. The molecule has 80 valence electrons. The van der Waals surface area contributed by atoms with Gasteiger partial charge in [-0.05, 0) is 19.3 Å². The number of amides is 1. The molecule has 2 N–H and O–H groups in total. The summed E-state index contributed by atoms with van der Waals surface area (Å²) in [5.41, 5.74) is 5.64. The molecule has 0 aromatic heterocycles. The van der Waals surface area contributed by atoms with Gasteiger partial charge in [-0.2, -0.15) is 0 Å². The highest BCUT2D eigenvalue weighted by Gasteiger charge is 2.25. The van der Waals surface area contributed by atoms with E-state index < -0.39 is 12.0 Å². The first-order chi connectivity index (χ1) is 6.65. The van der Waals surface area contributed by atoms with E-state index in [0.717, 1.165) is 12.8 Å². The Morgan fingerprint density at radius 1 is 1.64 bits per heavy atom. The molecule has 0 unspecified atom stereocenters. The van der Waals surface area contributed by atoms with Gasteiger partial charge in [0.1, 0.15) is 6.54 Å². The molecule has 1 atom stereocenters. The summed E-state index contributed by atoms with van der Waals surface area (Å²) < 4.78 is 4.50. The number of carbonyl (C=O) groups is 2. The van der Waals surface area contributed by atoms with Crippen LogP contribution in [0.15, 0.2) is 0 Å². The van der Waals surface area contributed by atoms with E-state index in [1.54, 1.807) is 0 Å². The third-order valence-electron chi connectivity index (χ3n) is 2.37. The molecule has 14 heavy (non-hydrogen) atoms. The summed E-state index contributed by atoms with van der Waals surface area (Å²) in [5, 5.41) is 0. The van der Waals surface area contributed by atoms with Gasteiger partial charge < -0.3 is 15.4 Å². The zero-order chi connectivity index (χ0) is 10.6. The highest BCUT2D eigenvalue weighted by molar-refractivity contribution is 5.85. The number of carbonyl (C=O) groups excluding carboxylic acids is 2. The first kappa shape index (κ1) is 11.0. The van der Waals surface area contributed by atoms with Crippen LogP contribution in [0.1, 0.15) is 19.3 Å². The molecule has 1 fully saturated rings. The number of esters is 1.